The Morgan fingerprint density at radius 2 is 2.21 bits per heavy atom. The van der Waals surface area contributed by atoms with Gasteiger partial charge in [-0.25, -0.2) is 0 Å². The van der Waals surface area contributed by atoms with Crippen LogP contribution in [0.15, 0.2) is 29.0 Å². The molecule has 1 aliphatic carbocycles. The number of aromatic nitrogens is 2. The van der Waals surface area contributed by atoms with Gasteiger partial charge in [0, 0.05) is 18.2 Å². The van der Waals surface area contributed by atoms with Crippen molar-refractivity contribution < 1.29 is 9.52 Å². The van der Waals surface area contributed by atoms with E-state index in [1.807, 2.05) is 25.3 Å². The molecule has 1 aliphatic rings. The van der Waals surface area contributed by atoms with Crippen molar-refractivity contribution in [3.63, 3.8) is 0 Å². The van der Waals surface area contributed by atoms with Crippen LogP contribution >= 0.6 is 0 Å². The summed E-state index contributed by atoms with van der Waals surface area (Å²) in [6.45, 7) is 1.87. The van der Waals surface area contributed by atoms with E-state index >= 15 is 0 Å². The first-order chi connectivity index (χ1) is 9.24. The highest BCUT2D eigenvalue weighted by Crippen LogP contribution is 2.29. The maximum Gasteiger partial charge on any atom is 0.106 e. The molecule has 0 saturated heterocycles. The largest absolute Gasteiger partial charge is 0.469 e. The van der Waals surface area contributed by atoms with Crippen LogP contribution in [0.3, 0.4) is 0 Å². The van der Waals surface area contributed by atoms with Crippen LogP contribution in [-0.2, 0) is 6.42 Å². The zero-order valence-electron chi connectivity index (χ0n) is 11.2. The lowest BCUT2D eigenvalue weighted by molar-refractivity contribution is 0.174. The van der Waals surface area contributed by atoms with Crippen molar-refractivity contribution in [3.8, 4) is 0 Å². The number of aryl methyl sites for hydroxylation is 1. The van der Waals surface area contributed by atoms with E-state index in [4.69, 9.17) is 4.42 Å². The Hall–Kier alpha value is -1.55. The molecule has 0 amide bonds. The Morgan fingerprint density at radius 3 is 2.89 bits per heavy atom. The summed E-state index contributed by atoms with van der Waals surface area (Å²) in [6, 6.07) is 4.40. The summed E-state index contributed by atoms with van der Waals surface area (Å²) < 4.78 is 7.29. The van der Waals surface area contributed by atoms with E-state index in [0.29, 0.717) is 12.5 Å². The van der Waals surface area contributed by atoms with Gasteiger partial charge in [0.05, 0.1) is 24.1 Å². The molecule has 3 rings (SSSR count). The van der Waals surface area contributed by atoms with Crippen LogP contribution in [0.25, 0.3) is 0 Å². The van der Waals surface area contributed by atoms with Crippen molar-refractivity contribution in [1.29, 1.82) is 0 Å². The lowest BCUT2D eigenvalue weighted by atomic mass is 10.1. The fourth-order valence-corrected chi connectivity index (χ4v) is 2.91. The van der Waals surface area contributed by atoms with Crippen molar-refractivity contribution in [3.05, 3.63) is 41.6 Å². The lowest BCUT2D eigenvalue weighted by Crippen LogP contribution is -2.07. The van der Waals surface area contributed by atoms with Crippen molar-refractivity contribution in [2.24, 2.45) is 0 Å². The second-order valence-electron chi connectivity index (χ2n) is 5.38. The SMILES string of the molecule is Cc1occc1C(O)Cc1ccn(C2CCCC2)n1. The van der Waals surface area contributed by atoms with Gasteiger partial charge in [0.15, 0.2) is 0 Å². The first kappa shape index (κ1) is 12.5. The number of aliphatic hydroxyl groups is 1. The van der Waals surface area contributed by atoms with Crippen LogP contribution in [-0.4, -0.2) is 14.9 Å². The quantitative estimate of drug-likeness (QED) is 0.918. The van der Waals surface area contributed by atoms with E-state index in [1.165, 1.54) is 25.7 Å². The van der Waals surface area contributed by atoms with Crippen LogP contribution in [0.1, 0.15) is 54.8 Å². The summed E-state index contributed by atoms with van der Waals surface area (Å²) in [5.41, 5.74) is 1.80. The van der Waals surface area contributed by atoms with E-state index in [1.54, 1.807) is 6.26 Å². The van der Waals surface area contributed by atoms with E-state index in [-0.39, 0.29) is 0 Å². The highest BCUT2D eigenvalue weighted by atomic mass is 16.3. The average Bonchev–Trinajstić information content (AvgIpc) is 3.07. The maximum atomic E-state index is 10.2. The van der Waals surface area contributed by atoms with E-state index in [0.717, 1.165) is 17.0 Å². The Bertz CT molecular complexity index is 538. The number of aliphatic hydroxyl groups excluding tert-OH is 1. The van der Waals surface area contributed by atoms with Crippen molar-refractivity contribution >= 4 is 0 Å². The highest BCUT2D eigenvalue weighted by Gasteiger charge is 2.19. The molecule has 0 bridgehead atoms. The Kier molecular flexibility index (Phi) is 3.42. The third-order valence-corrected chi connectivity index (χ3v) is 4.02. The average molecular weight is 260 g/mol. The number of nitrogens with zero attached hydrogens (tertiary/aromatic N) is 2. The minimum Gasteiger partial charge on any atom is -0.469 e. The third kappa shape index (κ3) is 2.59. The van der Waals surface area contributed by atoms with Gasteiger partial charge in [0.2, 0.25) is 0 Å². The van der Waals surface area contributed by atoms with Crippen LogP contribution in [0, 0.1) is 6.92 Å². The van der Waals surface area contributed by atoms with E-state index < -0.39 is 6.10 Å². The highest BCUT2D eigenvalue weighted by molar-refractivity contribution is 5.20. The molecule has 2 aromatic rings. The molecule has 0 spiro atoms. The first-order valence-electron chi connectivity index (χ1n) is 7.00. The Balaban J connectivity index is 1.68. The van der Waals surface area contributed by atoms with Crippen LogP contribution in [0.5, 0.6) is 0 Å². The number of rotatable bonds is 4. The molecular formula is C15H20N2O2. The van der Waals surface area contributed by atoms with Gasteiger partial charge in [-0.2, -0.15) is 5.10 Å². The van der Waals surface area contributed by atoms with Gasteiger partial charge in [-0.05, 0) is 31.9 Å². The standard InChI is InChI=1S/C15H20N2O2/c1-11-14(7-9-19-11)15(18)10-12-6-8-17(16-12)13-4-2-3-5-13/h6-9,13,15,18H,2-5,10H2,1H3. The molecule has 1 unspecified atom stereocenters. The van der Waals surface area contributed by atoms with Gasteiger partial charge in [-0.3, -0.25) is 4.68 Å². The molecule has 2 aromatic heterocycles. The van der Waals surface area contributed by atoms with Crippen LogP contribution in [0.2, 0.25) is 0 Å². The summed E-state index contributed by atoms with van der Waals surface area (Å²) in [5, 5.41) is 14.8. The predicted octanol–water partition coefficient (Wildman–Crippen LogP) is 3.18. The zero-order valence-corrected chi connectivity index (χ0v) is 11.2. The molecule has 1 N–H and O–H groups in total. The predicted molar refractivity (Wildman–Crippen MR) is 71.8 cm³/mol. The monoisotopic (exact) mass is 260 g/mol. The summed E-state index contributed by atoms with van der Waals surface area (Å²) in [4.78, 5) is 0. The molecule has 1 fully saturated rings. The number of hydrogen-bond donors (Lipinski definition) is 1. The van der Waals surface area contributed by atoms with Gasteiger partial charge in [0.25, 0.3) is 0 Å². The number of furan rings is 1. The summed E-state index contributed by atoms with van der Waals surface area (Å²) in [6.07, 6.45) is 8.72. The summed E-state index contributed by atoms with van der Waals surface area (Å²) in [7, 11) is 0. The smallest absolute Gasteiger partial charge is 0.106 e. The van der Waals surface area contributed by atoms with Crippen LogP contribution < -0.4 is 0 Å². The molecule has 19 heavy (non-hydrogen) atoms. The van der Waals surface area contributed by atoms with Gasteiger partial charge >= 0.3 is 0 Å². The third-order valence-electron chi connectivity index (χ3n) is 4.02. The molecule has 0 aromatic carbocycles. The van der Waals surface area contributed by atoms with Crippen molar-refractivity contribution in [2.75, 3.05) is 0 Å². The lowest BCUT2D eigenvalue weighted by Gasteiger charge is -2.10. The fourth-order valence-electron chi connectivity index (χ4n) is 2.91. The Morgan fingerprint density at radius 1 is 1.42 bits per heavy atom. The minimum atomic E-state index is -0.536. The molecule has 1 atom stereocenters. The molecule has 1 saturated carbocycles. The van der Waals surface area contributed by atoms with Gasteiger partial charge in [-0.15, -0.1) is 0 Å². The molecule has 2 heterocycles. The van der Waals surface area contributed by atoms with E-state index in [2.05, 4.69) is 9.78 Å². The molecule has 102 valence electrons. The van der Waals surface area contributed by atoms with Gasteiger partial charge in [-0.1, -0.05) is 12.8 Å². The number of hydrogen-bond acceptors (Lipinski definition) is 3. The van der Waals surface area contributed by atoms with E-state index in [9.17, 15) is 5.11 Å². The Labute approximate surface area is 113 Å². The first-order valence-corrected chi connectivity index (χ1v) is 7.00. The molecule has 0 radical (unpaired) electrons. The van der Waals surface area contributed by atoms with Gasteiger partial charge in [0.1, 0.15) is 5.76 Å². The topological polar surface area (TPSA) is 51.2 Å². The molecule has 4 nitrogen and oxygen atoms in total. The molecule has 4 heteroatoms. The zero-order chi connectivity index (χ0) is 13.2. The minimum absolute atomic E-state index is 0.536. The molecule has 0 aliphatic heterocycles. The second-order valence-corrected chi connectivity index (χ2v) is 5.38. The maximum absolute atomic E-state index is 10.2. The van der Waals surface area contributed by atoms with Crippen molar-refractivity contribution in [1.82, 2.24) is 9.78 Å². The summed E-state index contributed by atoms with van der Waals surface area (Å²) >= 11 is 0. The van der Waals surface area contributed by atoms with Crippen molar-refractivity contribution in [2.45, 2.75) is 51.2 Å². The second kappa shape index (κ2) is 5.21. The van der Waals surface area contributed by atoms with Gasteiger partial charge < -0.3 is 9.52 Å². The van der Waals surface area contributed by atoms with Crippen LogP contribution in [0.4, 0.5) is 0 Å². The molecular weight excluding hydrogens is 240 g/mol. The fraction of sp³-hybridized carbons (Fsp3) is 0.533. The normalized spacial score (nSPS) is 18.0. The summed E-state index contributed by atoms with van der Waals surface area (Å²) in [5.74, 6) is 0.780.